The van der Waals surface area contributed by atoms with Crippen molar-refractivity contribution in [2.24, 2.45) is 0 Å². The standard InChI is InChI=1S/C8H9ClFN3O/c9-7(10)8(14)13-2-1-5-3-11-12-6(5)4-13/h3,7H,1-2,4H2,(H,11,12). The second-order valence-electron chi connectivity index (χ2n) is 3.18. The molecule has 1 aromatic rings. The lowest BCUT2D eigenvalue weighted by Gasteiger charge is -2.26. The van der Waals surface area contributed by atoms with E-state index in [0.717, 1.165) is 11.3 Å². The Hall–Kier alpha value is -1.10. The first-order valence-corrected chi connectivity index (χ1v) is 4.70. The van der Waals surface area contributed by atoms with E-state index in [-0.39, 0.29) is 0 Å². The lowest BCUT2D eigenvalue weighted by Crippen LogP contribution is -2.39. The SMILES string of the molecule is O=C(C(F)Cl)N1CCc2cn[nH]c2C1. The third-order valence-corrected chi connectivity index (χ3v) is 2.49. The van der Waals surface area contributed by atoms with Crippen molar-refractivity contribution in [3.63, 3.8) is 0 Å². The molecule has 1 aliphatic rings. The zero-order valence-corrected chi connectivity index (χ0v) is 8.09. The fraction of sp³-hybridized carbons (Fsp3) is 0.500. The van der Waals surface area contributed by atoms with Crippen LogP contribution in [0.4, 0.5) is 4.39 Å². The van der Waals surface area contributed by atoms with Gasteiger partial charge in [0.25, 0.3) is 11.5 Å². The van der Waals surface area contributed by atoms with Crippen molar-refractivity contribution in [2.45, 2.75) is 18.6 Å². The van der Waals surface area contributed by atoms with Crippen LogP contribution < -0.4 is 0 Å². The minimum Gasteiger partial charge on any atom is -0.333 e. The van der Waals surface area contributed by atoms with Crippen molar-refractivity contribution in [3.8, 4) is 0 Å². The number of carbonyl (C=O) groups is 1. The smallest absolute Gasteiger partial charge is 0.273 e. The highest BCUT2D eigenvalue weighted by atomic mass is 35.5. The van der Waals surface area contributed by atoms with Crippen molar-refractivity contribution < 1.29 is 9.18 Å². The van der Waals surface area contributed by atoms with Gasteiger partial charge in [0, 0.05) is 6.54 Å². The van der Waals surface area contributed by atoms with Gasteiger partial charge in [-0.2, -0.15) is 5.10 Å². The number of amides is 1. The van der Waals surface area contributed by atoms with Crippen LogP contribution in [0.1, 0.15) is 11.3 Å². The summed E-state index contributed by atoms with van der Waals surface area (Å²) in [4.78, 5) is 12.6. The molecule has 1 aliphatic heterocycles. The molecule has 0 saturated heterocycles. The van der Waals surface area contributed by atoms with Crippen LogP contribution in [0.25, 0.3) is 0 Å². The number of alkyl halides is 2. The Labute approximate surface area is 85.0 Å². The summed E-state index contributed by atoms with van der Waals surface area (Å²) in [5.41, 5.74) is 0.000388. The van der Waals surface area contributed by atoms with Crippen molar-refractivity contribution in [2.75, 3.05) is 6.54 Å². The highest BCUT2D eigenvalue weighted by molar-refractivity contribution is 6.29. The summed E-state index contributed by atoms with van der Waals surface area (Å²) in [6, 6.07) is 0. The van der Waals surface area contributed by atoms with E-state index in [1.807, 2.05) is 0 Å². The number of hydrogen-bond donors (Lipinski definition) is 1. The average molecular weight is 218 g/mol. The first-order chi connectivity index (χ1) is 6.68. The Morgan fingerprint density at radius 3 is 3.29 bits per heavy atom. The largest absolute Gasteiger partial charge is 0.333 e. The zero-order valence-electron chi connectivity index (χ0n) is 7.33. The number of aromatic nitrogens is 2. The summed E-state index contributed by atoms with van der Waals surface area (Å²) in [7, 11) is 0. The maximum absolute atomic E-state index is 12.5. The maximum Gasteiger partial charge on any atom is 0.273 e. The van der Waals surface area contributed by atoms with Gasteiger partial charge in [-0.25, -0.2) is 4.39 Å². The number of carbonyl (C=O) groups excluding carboxylic acids is 1. The number of fused-ring (bicyclic) bond motifs is 1. The molecule has 6 heteroatoms. The number of nitrogens with one attached hydrogen (secondary N) is 1. The van der Waals surface area contributed by atoms with Crippen LogP contribution in [-0.2, 0) is 17.8 Å². The summed E-state index contributed by atoms with van der Waals surface area (Å²) < 4.78 is 12.5. The normalized spacial score (nSPS) is 17.7. The van der Waals surface area contributed by atoms with Gasteiger partial charge in [0.15, 0.2) is 0 Å². The second-order valence-corrected chi connectivity index (χ2v) is 3.57. The number of rotatable bonds is 1. The molecule has 0 bridgehead atoms. The van der Waals surface area contributed by atoms with Crippen molar-refractivity contribution >= 4 is 17.5 Å². The fourth-order valence-corrected chi connectivity index (χ4v) is 1.68. The first kappa shape index (κ1) is 9.45. The summed E-state index contributed by atoms with van der Waals surface area (Å²) in [5.74, 6) is -0.674. The molecule has 0 aromatic carbocycles. The molecule has 1 amide bonds. The Morgan fingerprint density at radius 1 is 1.79 bits per heavy atom. The number of H-pyrrole nitrogens is 1. The molecule has 0 spiro atoms. The molecule has 2 heterocycles. The van der Waals surface area contributed by atoms with Crippen molar-refractivity contribution in [1.29, 1.82) is 0 Å². The van der Waals surface area contributed by atoms with Gasteiger partial charge >= 0.3 is 0 Å². The Morgan fingerprint density at radius 2 is 2.57 bits per heavy atom. The average Bonchev–Trinajstić information content (AvgIpc) is 2.62. The molecule has 0 fully saturated rings. The molecule has 2 rings (SSSR count). The Balaban J connectivity index is 2.11. The summed E-state index contributed by atoms with van der Waals surface area (Å²) in [6.07, 6.45) is 2.42. The monoisotopic (exact) mass is 217 g/mol. The van der Waals surface area contributed by atoms with Gasteiger partial charge in [-0.3, -0.25) is 9.89 Å². The maximum atomic E-state index is 12.5. The van der Waals surface area contributed by atoms with E-state index in [4.69, 9.17) is 11.6 Å². The molecule has 1 N–H and O–H groups in total. The van der Waals surface area contributed by atoms with E-state index in [1.165, 1.54) is 4.90 Å². The highest BCUT2D eigenvalue weighted by Gasteiger charge is 2.26. The summed E-state index contributed by atoms with van der Waals surface area (Å²) in [5, 5.41) is 6.62. The predicted octanol–water partition coefficient (Wildman–Crippen LogP) is 0.829. The molecule has 1 atom stereocenters. The summed E-state index contributed by atoms with van der Waals surface area (Å²) >= 11 is 5.08. The molecule has 1 unspecified atom stereocenters. The van der Waals surface area contributed by atoms with Crippen LogP contribution in [0.3, 0.4) is 0 Å². The van der Waals surface area contributed by atoms with E-state index >= 15 is 0 Å². The topological polar surface area (TPSA) is 49.0 Å². The number of halogens is 2. The second kappa shape index (κ2) is 3.57. The lowest BCUT2D eigenvalue weighted by molar-refractivity contribution is -0.134. The third-order valence-electron chi connectivity index (χ3n) is 2.31. The zero-order chi connectivity index (χ0) is 10.1. The number of nitrogens with zero attached hydrogens (tertiary/aromatic N) is 2. The molecule has 1 aromatic heterocycles. The molecular weight excluding hydrogens is 209 g/mol. The van der Waals surface area contributed by atoms with Crippen LogP contribution >= 0.6 is 11.6 Å². The molecule has 4 nitrogen and oxygen atoms in total. The summed E-state index contributed by atoms with van der Waals surface area (Å²) in [6.45, 7) is 0.861. The minimum absolute atomic E-state index is 0.362. The minimum atomic E-state index is -1.94. The lowest BCUT2D eigenvalue weighted by atomic mass is 10.1. The molecule has 0 saturated carbocycles. The number of hydrogen-bond acceptors (Lipinski definition) is 2. The van der Waals surface area contributed by atoms with Gasteiger partial charge in [0.05, 0.1) is 18.4 Å². The van der Waals surface area contributed by atoms with E-state index in [2.05, 4.69) is 10.2 Å². The first-order valence-electron chi connectivity index (χ1n) is 4.26. The van der Waals surface area contributed by atoms with Crippen LogP contribution in [0, 0.1) is 0 Å². The van der Waals surface area contributed by atoms with Gasteiger partial charge in [0.1, 0.15) is 0 Å². The van der Waals surface area contributed by atoms with Crippen LogP contribution in [0.15, 0.2) is 6.20 Å². The van der Waals surface area contributed by atoms with Gasteiger partial charge in [-0.05, 0) is 12.0 Å². The Kier molecular flexibility index (Phi) is 2.41. The van der Waals surface area contributed by atoms with Crippen LogP contribution in [0.5, 0.6) is 0 Å². The van der Waals surface area contributed by atoms with Gasteiger partial charge < -0.3 is 4.90 Å². The van der Waals surface area contributed by atoms with Gasteiger partial charge in [-0.1, -0.05) is 11.6 Å². The van der Waals surface area contributed by atoms with E-state index < -0.39 is 11.5 Å². The van der Waals surface area contributed by atoms with Crippen molar-refractivity contribution in [3.05, 3.63) is 17.5 Å². The highest BCUT2D eigenvalue weighted by Crippen LogP contribution is 2.17. The molecule has 0 aliphatic carbocycles. The van der Waals surface area contributed by atoms with Crippen molar-refractivity contribution in [1.82, 2.24) is 15.1 Å². The van der Waals surface area contributed by atoms with Crippen LogP contribution in [0.2, 0.25) is 0 Å². The number of aromatic amines is 1. The van der Waals surface area contributed by atoms with E-state index in [1.54, 1.807) is 6.20 Å². The fourth-order valence-electron chi connectivity index (χ4n) is 1.54. The van der Waals surface area contributed by atoms with Crippen LogP contribution in [-0.4, -0.2) is 33.2 Å². The van der Waals surface area contributed by atoms with E-state index in [9.17, 15) is 9.18 Å². The Bertz CT molecular complexity index is 352. The predicted molar refractivity (Wildman–Crippen MR) is 48.5 cm³/mol. The van der Waals surface area contributed by atoms with E-state index in [0.29, 0.717) is 19.5 Å². The van der Waals surface area contributed by atoms with Gasteiger partial charge in [0.2, 0.25) is 0 Å². The molecule has 14 heavy (non-hydrogen) atoms. The molecule has 76 valence electrons. The van der Waals surface area contributed by atoms with Gasteiger partial charge in [-0.15, -0.1) is 0 Å². The molecular formula is C8H9ClFN3O. The molecule has 0 radical (unpaired) electrons. The quantitative estimate of drug-likeness (QED) is 0.709. The third kappa shape index (κ3) is 1.59.